The third kappa shape index (κ3) is 5.42. The van der Waals surface area contributed by atoms with Crippen molar-refractivity contribution in [3.63, 3.8) is 0 Å². The van der Waals surface area contributed by atoms with Gasteiger partial charge in [0.25, 0.3) is 0 Å². The minimum Gasteiger partial charge on any atom is -0.354 e. The number of hydrogen-bond acceptors (Lipinski definition) is 3. The molecule has 33 heavy (non-hydrogen) atoms. The van der Waals surface area contributed by atoms with Crippen LogP contribution in [-0.4, -0.2) is 78.3 Å². The van der Waals surface area contributed by atoms with Crippen LogP contribution in [0.1, 0.15) is 18.4 Å². The lowest BCUT2D eigenvalue weighted by atomic mass is 10.0. The highest BCUT2D eigenvalue weighted by Gasteiger charge is 2.22. The molecule has 1 saturated heterocycles. The Morgan fingerprint density at radius 2 is 1.76 bits per heavy atom. The number of aromatic amines is 1. The molecule has 7 heteroatoms. The fourth-order valence-corrected chi connectivity index (χ4v) is 4.42. The molecule has 6 nitrogen and oxygen atoms in total. The van der Waals surface area contributed by atoms with E-state index in [4.69, 9.17) is 0 Å². The highest BCUT2D eigenvalue weighted by Crippen LogP contribution is 2.31. The maximum atomic E-state index is 13.5. The zero-order valence-electron chi connectivity index (χ0n) is 19.3. The van der Waals surface area contributed by atoms with Gasteiger partial charge >= 0.3 is 0 Å². The van der Waals surface area contributed by atoms with E-state index >= 15 is 0 Å². The summed E-state index contributed by atoms with van der Waals surface area (Å²) in [6, 6.07) is 14.5. The molecule has 4 rings (SSSR count). The summed E-state index contributed by atoms with van der Waals surface area (Å²) in [5.41, 5.74) is 3.94. The summed E-state index contributed by atoms with van der Waals surface area (Å²) in [6.45, 7) is 3.27. The van der Waals surface area contributed by atoms with Crippen molar-refractivity contribution in [1.29, 1.82) is 0 Å². The number of amides is 2. The molecule has 2 aromatic carbocycles. The van der Waals surface area contributed by atoms with Gasteiger partial charge in [-0.2, -0.15) is 0 Å². The highest BCUT2D eigenvalue weighted by molar-refractivity contribution is 5.91. The lowest BCUT2D eigenvalue weighted by Crippen LogP contribution is -2.39. The number of nitrogens with zero attached hydrogens (tertiary/aromatic N) is 3. The first kappa shape index (κ1) is 23.0. The smallest absolute Gasteiger partial charge is 0.236 e. The highest BCUT2D eigenvalue weighted by atomic mass is 19.1. The van der Waals surface area contributed by atoms with E-state index in [1.807, 2.05) is 23.1 Å². The number of carbonyl (C=O) groups excluding carboxylic acids is 2. The van der Waals surface area contributed by atoms with Gasteiger partial charge in [0.05, 0.1) is 6.54 Å². The second-order valence-corrected chi connectivity index (χ2v) is 8.83. The number of benzene rings is 2. The first-order valence-corrected chi connectivity index (χ1v) is 11.5. The maximum absolute atomic E-state index is 13.5. The molecule has 1 aromatic heterocycles. The number of hydrogen-bond donors (Lipinski definition) is 1. The number of aryl methyl sites for hydroxylation is 1. The number of fused-ring (bicyclic) bond motifs is 1. The second-order valence-electron chi connectivity index (χ2n) is 8.83. The summed E-state index contributed by atoms with van der Waals surface area (Å²) < 4.78 is 13.5. The molecular formula is C26H31FN4O2. The van der Waals surface area contributed by atoms with Gasteiger partial charge in [0.2, 0.25) is 11.8 Å². The van der Waals surface area contributed by atoms with E-state index in [0.717, 1.165) is 40.7 Å². The van der Waals surface area contributed by atoms with Crippen LogP contribution in [0.5, 0.6) is 0 Å². The molecule has 0 bridgehead atoms. The van der Waals surface area contributed by atoms with Crippen LogP contribution in [0.15, 0.2) is 48.5 Å². The SMILES string of the molecule is CN(C)C(=O)CN1CCCN(C(=O)CCc2c(-c3ccc(F)cc3)[nH]c3ccccc23)CC1. The Morgan fingerprint density at radius 3 is 2.52 bits per heavy atom. The number of aromatic nitrogens is 1. The van der Waals surface area contributed by atoms with E-state index in [1.54, 1.807) is 31.1 Å². The van der Waals surface area contributed by atoms with E-state index < -0.39 is 0 Å². The topological polar surface area (TPSA) is 59.7 Å². The molecule has 174 valence electrons. The summed E-state index contributed by atoms with van der Waals surface area (Å²) in [6.07, 6.45) is 1.88. The van der Waals surface area contributed by atoms with Gasteiger partial charge in [-0.05, 0) is 54.3 Å². The predicted molar refractivity (Wildman–Crippen MR) is 128 cm³/mol. The van der Waals surface area contributed by atoms with E-state index in [2.05, 4.69) is 16.0 Å². The Hall–Kier alpha value is -3.19. The normalized spacial score (nSPS) is 14.9. The molecule has 1 aliphatic rings. The fourth-order valence-electron chi connectivity index (χ4n) is 4.42. The molecule has 0 spiro atoms. The van der Waals surface area contributed by atoms with Gasteiger partial charge in [-0.25, -0.2) is 4.39 Å². The van der Waals surface area contributed by atoms with Crippen molar-refractivity contribution in [2.45, 2.75) is 19.3 Å². The number of carbonyl (C=O) groups is 2. The van der Waals surface area contributed by atoms with Crippen LogP contribution in [0.4, 0.5) is 4.39 Å². The zero-order chi connectivity index (χ0) is 23.4. The number of nitrogens with one attached hydrogen (secondary N) is 1. The standard InChI is InChI=1S/C26H31FN4O2/c1-29(2)25(33)18-30-14-5-15-31(17-16-30)24(32)13-12-22-21-6-3-4-7-23(21)28-26(22)19-8-10-20(27)11-9-19/h3-4,6-11,28H,5,12-18H2,1-2H3. The molecule has 1 fully saturated rings. The third-order valence-electron chi connectivity index (χ3n) is 6.33. The zero-order valence-corrected chi connectivity index (χ0v) is 19.3. The van der Waals surface area contributed by atoms with Crippen molar-refractivity contribution in [3.05, 3.63) is 59.9 Å². The Bertz CT molecular complexity index is 1120. The van der Waals surface area contributed by atoms with Gasteiger partial charge in [-0.1, -0.05) is 18.2 Å². The Morgan fingerprint density at radius 1 is 1.00 bits per heavy atom. The summed E-state index contributed by atoms with van der Waals surface area (Å²) in [5.74, 6) is -0.0531. The fraction of sp³-hybridized carbons (Fsp3) is 0.385. The summed E-state index contributed by atoms with van der Waals surface area (Å²) in [4.78, 5) is 34.2. The molecule has 0 radical (unpaired) electrons. The van der Waals surface area contributed by atoms with Crippen molar-refractivity contribution >= 4 is 22.7 Å². The third-order valence-corrected chi connectivity index (χ3v) is 6.33. The predicted octanol–water partition coefficient (Wildman–Crippen LogP) is 3.53. The van der Waals surface area contributed by atoms with Crippen molar-refractivity contribution < 1.29 is 14.0 Å². The average Bonchev–Trinajstić information content (AvgIpc) is 3.01. The minimum atomic E-state index is -0.269. The molecule has 2 heterocycles. The lowest BCUT2D eigenvalue weighted by molar-refractivity contribution is -0.131. The van der Waals surface area contributed by atoms with E-state index in [-0.39, 0.29) is 17.6 Å². The number of rotatable bonds is 6. The Kier molecular flexibility index (Phi) is 7.08. The molecule has 1 aliphatic heterocycles. The summed E-state index contributed by atoms with van der Waals surface area (Å²) >= 11 is 0. The molecule has 1 N–H and O–H groups in total. The molecule has 0 saturated carbocycles. The van der Waals surface area contributed by atoms with Gasteiger partial charge in [0.15, 0.2) is 0 Å². The first-order chi connectivity index (χ1) is 15.9. The average molecular weight is 451 g/mol. The summed E-state index contributed by atoms with van der Waals surface area (Å²) in [5, 5.41) is 1.09. The van der Waals surface area contributed by atoms with Crippen LogP contribution in [0.25, 0.3) is 22.2 Å². The quantitative estimate of drug-likeness (QED) is 0.625. The summed E-state index contributed by atoms with van der Waals surface area (Å²) in [7, 11) is 3.53. The molecule has 0 unspecified atom stereocenters. The van der Waals surface area contributed by atoms with Crippen LogP contribution in [0.3, 0.4) is 0 Å². The van der Waals surface area contributed by atoms with E-state index in [0.29, 0.717) is 39.0 Å². The molecule has 0 atom stereocenters. The minimum absolute atomic E-state index is 0.0856. The first-order valence-electron chi connectivity index (χ1n) is 11.5. The Labute approximate surface area is 194 Å². The van der Waals surface area contributed by atoms with E-state index in [9.17, 15) is 14.0 Å². The maximum Gasteiger partial charge on any atom is 0.236 e. The van der Waals surface area contributed by atoms with Gasteiger partial charge in [-0.3, -0.25) is 14.5 Å². The number of halogens is 1. The van der Waals surface area contributed by atoms with Crippen LogP contribution >= 0.6 is 0 Å². The van der Waals surface area contributed by atoms with Crippen molar-refractivity contribution in [1.82, 2.24) is 19.7 Å². The number of para-hydroxylation sites is 1. The molecule has 3 aromatic rings. The van der Waals surface area contributed by atoms with Gasteiger partial charge in [0, 0.05) is 63.3 Å². The van der Waals surface area contributed by atoms with Crippen LogP contribution in [0, 0.1) is 5.82 Å². The Balaban J connectivity index is 1.45. The van der Waals surface area contributed by atoms with Gasteiger partial charge in [0.1, 0.15) is 5.82 Å². The van der Waals surface area contributed by atoms with Crippen molar-refractivity contribution in [2.24, 2.45) is 0 Å². The van der Waals surface area contributed by atoms with Crippen LogP contribution in [-0.2, 0) is 16.0 Å². The van der Waals surface area contributed by atoms with Gasteiger partial charge < -0.3 is 14.8 Å². The van der Waals surface area contributed by atoms with E-state index in [1.165, 1.54) is 12.1 Å². The molecular weight excluding hydrogens is 419 g/mol. The van der Waals surface area contributed by atoms with Crippen LogP contribution < -0.4 is 0 Å². The molecule has 0 aliphatic carbocycles. The largest absolute Gasteiger partial charge is 0.354 e. The second kappa shape index (κ2) is 10.2. The number of likely N-dealkylation sites (N-methyl/N-ethyl adjacent to an activating group) is 1. The monoisotopic (exact) mass is 450 g/mol. The lowest BCUT2D eigenvalue weighted by Gasteiger charge is -2.23. The molecule has 2 amide bonds. The number of H-pyrrole nitrogens is 1. The van der Waals surface area contributed by atoms with Crippen molar-refractivity contribution in [3.8, 4) is 11.3 Å². The van der Waals surface area contributed by atoms with Gasteiger partial charge in [-0.15, -0.1) is 0 Å². The van der Waals surface area contributed by atoms with Crippen molar-refractivity contribution in [2.75, 3.05) is 46.8 Å². The van der Waals surface area contributed by atoms with Crippen LogP contribution in [0.2, 0.25) is 0 Å².